The van der Waals surface area contributed by atoms with Crippen LogP contribution in [0.3, 0.4) is 0 Å². The van der Waals surface area contributed by atoms with E-state index in [1.54, 1.807) is 23.1 Å². The molecule has 1 N–H and O–H groups in total. The van der Waals surface area contributed by atoms with Gasteiger partial charge in [-0.2, -0.15) is 4.37 Å². The Morgan fingerprint density at radius 1 is 1.29 bits per heavy atom. The standard InChI is InChI=1S/C9H13N5S3/c1-3-6-11-9(17-14-6)15-5-7-12-13-8(16-7)10-4-2/h3-5H2,1-2H3,(H,10,13). The van der Waals surface area contributed by atoms with E-state index in [9.17, 15) is 0 Å². The number of hydrogen-bond acceptors (Lipinski definition) is 8. The lowest BCUT2D eigenvalue weighted by atomic mass is 10.5. The molecular formula is C9H13N5S3. The van der Waals surface area contributed by atoms with Crippen molar-refractivity contribution in [3.8, 4) is 0 Å². The fourth-order valence-electron chi connectivity index (χ4n) is 1.10. The Balaban J connectivity index is 1.88. The number of hydrogen-bond donors (Lipinski definition) is 1. The third-order valence-electron chi connectivity index (χ3n) is 1.88. The van der Waals surface area contributed by atoms with Crippen molar-refractivity contribution in [2.24, 2.45) is 0 Å². The quantitative estimate of drug-likeness (QED) is 0.824. The lowest BCUT2D eigenvalue weighted by Crippen LogP contribution is -1.94. The third kappa shape index (κ3) is 3.62. The summed E-state index contributed by atoms with van der Waals surface area (Å²) in [7, 11) is 0. The summed E-state index contributed by atoms with van der Waals surface area (Å²) >= 11 is 4.71. The first-order valence-electron chi connectivity index (χ1n) is 5.33. The van der Waals surface area contributed by atoms with Crippen LogP contribution in [-0.4, -0.2) is 26.1 Å². The Labute approximate surface area is 112 Å². The zero-order valence-corrected chi connectivity index (χ0v) is 12.1. The molecule has 8 heteroatoms. The topological polar surface area (TPSA) is 63.6 Å². The van der Waals surface area contributed by atoms with Gasteiger partial charge in [0.15, 0.2) is 4.34 Å². The zero-order valence-electron chi connectivity index (χ0n) is 9.63. The van der Waals surface area contributed by atoms with Crippen LogP contribution in [0.15, 0.2) is 4.34 Å². The molecule has 0 atom stereocenters. The molecule has 2 heterocycles. The monoisotopic (exact) mass is 287 g/mol. The van der Waals surface area contributed by atoms with E-state index >= 15 is 0 Å². The van der Waals surface area contributed by atoms with Crippen LogP contribution >= 0.6 is 34.6 Å². The van der Waals surface area contributed by atoms with E-state index in [1.165, 1.54) is 11.5 Å². The van der Waals surface area contributed by atoms with Crippen LogP contribution in [0.25, 0.3) is 0 Å². The Bertz CT molecular complexity index is 467. The number of thioether (sulfide) groups is 1. The van der Waals surface area contributed by atoms with Gasteiger partial charge >= 0.3 is 0 Å². The first-order valence-corrected chi connectivity index (χ1v) is 7.91. The van der Waals surface area contributed by atoms with E-state index in [2.05, 4.69) is 31.8 Å². The molecule has 5 nitrogen and oxygen atoms in total. The molecule has 0 saturated heterocycles. The molecule has 17 heavy (non-hydrogen) atoms. The fraction of sp³-hybridized carbons (Fsp3) is 0.556. The number of rotatable bonds is 6. The van der Waals surface area contributed by atoms with Gasteiger partial charge in [-0.05, 0) is 18.5 Å². The van der Waals surface area contributed by atoms with Crippen molar-refractivity contribution in [1.82, 2.24) is 19.6 Å². The average Bonchev–Trinajstić information content (AvgIpc) is 2.95. The molecule has 2 aromatic heterocycles. The molecule has 0 unspecified atom stereocenters. The summed E-state index contributed by atoms with van der Waals surface area (Å²) < 4.78 is 5.25. The largest absolute Gasteiger partial charge is 0.360 e. The lowest BCUT2D eigenvalue weighted by Gasteiger charge is -1.92. The maximum atomic E-state index is 4.40. The van der Waals surface area contributed by atoms with Crippen molar-refractivity contribution >= 4 is 39.8 Å². The first-order chi connectivity index (χ1) is 8.31. The smallest absolute Gasteiger partial charge is 0.205 e. The van der Waals surface area contributed by atoms with Crippen LogP contribution in [-0.2, 0) is 12.2 Å². The molecule has 0 amide bonds. The van der Waals surface area contributed by atoms with E-state index < -0.39 is 0 Å². The van der Waals surface area contributed by atoms with Crippen LogP contribution in [0.4, 0.5) is 5.13 Å². The summed E-state index contributed by atoms with van der Waals surface area (Å²) in [6.45, 7) is 4.98. The maximum Gasteiger partial charge on any atom is 0.205 e. The second-order valence-corrected chi connectivity index (χ2v) is 6.19. The van der Waals surface area contributed by atoms with Crippen LogP contribution in [0.1, 0.15) is 24.7 Å². The van der Waals surface area contributed by atoms with Gasteiger partial charge < -0.3 is 5.32 Å². The molecule has 0 spiro atoms. The highest BCUT2D eigenvalue weighted by Gasteiger charge is 2.07. The van der Waals surface area contributed by atoms with Gasteiger partial charge in [0.1, 0.15) is 10.8 Å². The Kier molecular flexibility index (Phi) is 4.69. The highest BCUT2D eigenvalue weighted by Crippen LogP contribution is 2.26. The number of nitrogens with zero attached hydrogens (tertiary/aromatic N) is 4. The van der Waals surface area contributed by atoms with E-state index in [0.717, 1.165) is 39.0 Å². The van der Waals surface area contributed by atoms with Gasteiger partial charge in [-0.15, -0.1) is 10.2 Å². The molecule has 2 aromatic rings. The Morgan fingerprint density at radius 2 is 2.18 bits per heavy atom. The van der Waals surface area contributed by atoms with Crippen molar-refractivity contribution in [2.45, 2.75) is 30.4 Å². The van der Waals surface area contributed by atoms with Gasteiger partial charge in [0.2, 0.25) is 5.13 Å². The van der Waals surface area contributed by atoms with Crippen LogP contribution in [0, 0.1) is 0 Å². The Hall–Kier alpha value is -0.730. The van der Waals surface area contributed by atoms with Crippen molar-refractivity contribution < 1.29 is 0 Å². The van der Waals surface area contributed by atoms with Gasteiger partial charge in [0.25, 0.3) is 0 Å². The highest BCUT2D eigenvalue weighted by molar-refractivity contribution is 8.00. The summed E-state index contributed by atoms with van der Waals surface area (Å²) in [5.41, 5.74) is 0. The predicted octanol–water partition coefficient (Wildman–Crippen LogP) is 2.68. The number of anilines is 1. The molecule has 0 aliphatic rings. The second-order valence-electron chi connectivity index (χ2n) is 3.15. The number of nitrogens with one attached hydrogen (secondary N) is 1. The summed E-state index contributed by atoms with van der Waals surface area (Å²) in [4.78, 5) is 4.40. The summed E-state index contributed by atoms with van der Waals surface area (Å²) in [6, 6.07) is 0. The SMILES string of the molecule is CCNc1nnc(CSc2nc(CC)ns2)s1. The molecule has 0 saturated carbocycles. The second kappa shape index (κ2) is 6.27. The third-order valence-corrected chi connectivity index (χ3v) is 4.83. The summed E-state index contributed by atoms with van der Waals surface area (Å²) in [5.74, 6) is 1.73. The van der Waals surface area contributed by atoms with Gasteiger partial charge in [-0.1, -0.05) is 30.0 Å². The van der Waals surface area contributed by atoms with E-state index in [0.29, 0.717) is 0 Å². The molecule has 0 bridgehead atoms. The summed E-state index contributed by atoms with van der Waals surface area (Å²) in [5, 5.41) is 13.2. The van der Waals surface area contributed by atoms with Crippen LogP contribution in [0.2, 0.25) is 0 Å². The van der Waals surface area contributed by atoms with Crippen molar-refractivity contribution in [1.29, 1.82) is 0 Å². The average molecular weight is 287 g/mol. The molecule has 2 rings (SSSR count). The predicted molar refractivity (Wildman–Crippen MR) is 72.9 cm³/mol. The van der Waals surface area contributed by atoms with Gasteiger partial charge in [0, 0.05) is 13.0 Å². The first kappa shape index (κ1) is 12.7. The summed E-state index contributed by atoms with van der Waals surface area (Å²) in [6.07, 6.45) is 0.889. The molecule has 0 aliphatic heterocycles. The molecule has 0 radical (unpaired) electrons. The van der Waals surface area contributed by atoms with Crippen molar-refractivity contribution in [3.63, 3.8) is 0 Å². The maximum absolute atomic E-state index is 4.40. The van der Waals surface area contributed by atoms with E-state index in [4.69, 9.17) is 0 Å². The van der Waals surface area contributed by atoms with Gasteiger partial charge in [0.05, 0.1) is 5.75 Å². The minimum absolute atomic E-state index is 0.807. The normalized spacial score (nSPS) is 10.7. The molecule has 0 fully saturated rings. The highest BCUT2D eigenvalue weighted by atomic mass is 32.2. The van der Waals surface area contributed by atoms with Gasteiger partial charge in [-0.25, -0.2) is 4.98 Å². The number of aryl methyl sites for hydroxylation is 1. The van der Waals surface area contributed by atoms with E-state index in [1.807, 2.05) is 6.92 Å². The molecule has 92 valence electrons. The fourth-order valence-corrected chi connectivity index (χ4v) is 3.59. The molecular weight excluding hydrogens is 274 g/mol. The van der Waals surface area contributed by atoms with E-state index in [-0.39, 0.29) is 0 Å². The van der Waals surface area contributed by atoms with Crippen molar-refractivity contribution in [2.75, 3.05) is 11.9 Å². The minimum atomic E-state index is 0.807. The number of aromatic nitrogens is 4. The zero-order chi connectivity index (χ0) is 12.1. The minimum Gasteiger partial charge on any atom is -0.360 e. The van der Waals surface area contributed by atoms with Crippen molar-refractivity contribution in [3.05, 3.63) is 10.8 Å². The van der Waals surface area contributed by atoms with Crippen LogP contribution < -0.4 is 5.32 Å². The lowest BCUT2D eigenvalue weighted by molar-refractivity contribution is 0.970. The Morgan fingerprint density at radius 3 is 2.88 bits per heavy atom. The molecule has 0 aliphatic carbocycles. The van der Waals surface area contributed by atoms with Crippen LogP contribution in [0.5, 0.6) is 0 Å². The van der Waals surface area contributed by atoms with Gasteiger partial charge in [-0.3, -0.25) is 0 Å². The molecule has 0 aromatic carbocycles.